The van der Waals surface area contributed by atoms with Crippen LogP contribution >= 0.6 is 11.6 Å². The van der Waals surface area contributed by atoms with Crippen LogP contribution in [-0.4, -0.2) is 43.3 Å². The Balaban J connectivity index is 1.52. The maximum absolute atomic E-state index is 13.1. The van der Waals surface area contributed by atoms with Crippen molar-refractivity contribution in [1.82, 2.24) is 5.48 Å². The summed E-state index contributed by atoms with van der Waals surface area (Å²) < 4.78 is 43.1. The van der Waals surface area contributed by atoms with E-state index in [0.717, 1.165) is 12.8 Å². The largest absolute Gasteiger partial charge is 0.457 e. The first-order valence-corrected chi connectivity index (χ1v) is 11.8. The van der Waals surface area contributed by atoms with Gasteiger partial charge in [0, 0.05) is 17.9 Å². The minimum atomic E-state index is -3.80. The zero-order chi connectivity index (χ0) is 22.1. The van der Waals surface area contributed by atoms with Crippen LogP contribution in [0.15, 0.2) is 53.4 Å². The van der Waals surface area contributed by atoms with Crippen molar-refractivity contribution in [3.63, 3.8) is 0 Å². The summed E-state index contributed by atoms with van der Waals surface area (Å²) in [6, 6.07) is 12.8. The molecule has 2 aliphatic heterocycles. The first kappa shape index (κ1) is 21.9. The molecule has 2 atom stereocenters. The molecule has 2 aromatic carbocycles. The van der Waals surface area contributed by atoms with Gasteiger partial charge in [0.1, 0.15) is 17.1 Å². The maximum Gasteiger partial charge on any atom is 0.431 e. The Kier molecular flexibility index (Phi) is 6.11. The lowest BCUT2D eigenvalue weighted by Gasteiger charge is -2.39. The van der Waals surface area contributed by atoms with Crippen molar-refractivity contribution in [2.75, 3.05) is 5.75 Å². The first-order valence-electron chi connectivity index (χ1n) is 9.82. The number of ether oxygens (including phenoxy) is 3. The lowest BCUT2D eigenvalue weighted by Crippen LogP contribution is -2.50. The van der Waals surface area contributed by atoms with Crippen LogP contribution in [0.2, 0.25) is 5.02 Å². The van der Waals surface area contributed by atoms with Gasteiger partial charge in [-0.25, -0.2) is 18.7 Å². The fourth-order valence-corrected chi connectivity index (χ4v) is 6.06. The molecule has 0 aliphatic carbocycles. The third kappa shape index (κ3) is 5.12. The average Bonchev–Trinajstić information content (AvgIpc) is 3.08. The lowest BCUT2D eigenvalue weighted by molar-refractivity contribution is -0.107. The summed E-state index contributed by atoms with van der Waals surface area (Å²) in [5, 5.41) is 9.47. The van der Waals surface area contributed by atoms with Gasteiger partial charge < -0.3 is 14.2 Å². The molecule has 2 heterocycles. The fourth-order valence-electron chi connectivity index (χ4n) is 4.23. The normalized spacial score (nSPS) is 25.1. The lowest BCUT2D eigenvalue weighted by atomic mass is 9.92. The van der Waals surface area contributed by atoms with Gasteiger partial charge in [0.25, 0.3) is 0 Å². The van der Waals surface area contributed by atoms with Crippen LogP contribution in [0, 0.1) is 0 Å². The highest BCUT2D eigenvalue weighted by atomic mass is 35.5. The predicted molar refractivity (Wildman–Crippen MR) is 111 cm³/mol. The van der Waals surface area contributed by atoms with Gasteiger partial charge in [-0.15, -0.1) is 0 Å². The third-order valence-corrected chi connectivity index (χ3v) is 7.63. The summed E-state index contributed by atoms with van der Waals surface area (Å²) in [6.07, 6.45) is 0.664. The van der Waals surface area contributed by atoms with E-state index in [9.17, 15) is 13.2 Å². The van der Waals surface area contributed by atoms with Crippen molar-refractivity contribution >= 4 is 27.5 Å². The summed E-state index contributed by atoms with van der Waals surface area (Å²) in [6.45, 7) is 0. The average molecular weight is 468 g/mol. The second kappa shape index (κ2) is 8.66. The molecule has 10 heteroatoms. The number of carbonyl (C=O) groups is 1. The molecule has 2 aromatic rings. The first-order chi connectivity index (χ1) is 14.8. The molecule has 1 amide bonds. The Bertz CT molecular complexity index is 1030. The number of sulfone groups is 1. The van der Waals surface area contributed by atoms with E-state index in [-0.39, 0.29) is 29.9 Å². The van der Waals surface area contributed by atoms with Crippen molar-refractivity contribution in [1.29, 1.82) is 0 Å². The molecule has 0 aromatic heterocycles. The Hall–Kier alpha value is -2.33. The van der Waals surface area contributed by atoms with E-state index in [2.05, 4.69) is 0 Å². The van der Waals surface area contributed by atoms with Crippen LogP contribution in [0.1, 0.15) is 25.7 Å². The number of hydrogen-bond donors (Lipinski definition) is 2. The summed E-state index contributed by atoms with van der Waals surface area (Å²) in [5.41, 5.74) is 0.156. The van der Waals surface area contributed by atoms with Gasteiger partial charge in [0.15, 0.2) is 9.84 Å². The molecule has 4 rings (SSSR count). The van der Waals surface area contributed by atoms with Crippen LogP contribution in [0.4, 0.5) is 4.79 Å². The van der Waals surface area contributed by atoms with Crippen LogP contribution < -0.4 is 10.2 Å². The van der Waals surface area contributed by atoms with Crippen molar-refractivity contribution in [3.05, 3.63) is 53.6 Å². The van der Waals surface area contributed by atoms with Gasteiger partial charge in [-0.3, -0.25) is 5.21 Å². The van der Waals surface area contributed by atoms with Crippen LogP contribution in [0.3, 0.4) is 0 Å². The van der Waals surface area contributed by atoms with E-state index in [1.807, 2.05) is 0 Å². The number of hydrogen-bond acceptors (Lipinski definition) is 7. The number of halogens is 1. The smallest absolute Gasteiger partial charge is 0.431 e. The van der Waals surface area contributed by atoms with E-state index in [4.69, 9.17) is 31.0 Å². The molecule has 2 aliphatic rings. The van der Waals surface area contributed by atoms with Crippen molar-refractivity contribution in [2.24, 2.45) is 0 Å². The molecule has 2 bridgehead atoms. The van der Waals surface area contributed by atoms with Crippen molar-refractivity contribution in [2.45, 2.75) is 48.4 Å². The summed E-state index contributed by atoms with van der Waals surface area (Å²) in [4.78, 5) is 11.8. The van der Waals surface area contributed by atoms with Gasteiger partial charge in [0.05, 0.1) is 22.9 Å². The predicted octanol–water partition coefficient (Wildman–Crippen LogP) is 4.10. The highest BCUT2D eigenvalue weighted by Crippen LogP contribution is 2.42. The molecule has 31 heavy (non-hydrogen) atoms. The number of amides is 1. The number of rotatable bonds is 6. The van der Waals surface area contributed by atoms with E-state index in [0.29, 0.717) is 16.5 Å². The van der Waals surface area contributed by atoms with E-state index >= 15 is 0 Å². The minimum absolute atomic E-state index is 0.0853. The van der Waals surface area contributed by atoms with Gasteiger partial charge in [-0.1, -0.05) is 11.6 Å². The molecule has 2 saturated heterocycles. The topological polar surface area (TPSA) is 111 Å². The summed E-state index contributed by atoms with van der Waals surface area (Å²) >= 11 is 5.86. The second-order valence-electron chi connectivity index (χ2n) is 7.84. The number of benzene rings is 2. The van der Waals surface area contributed by atoms with Gasteiger partial charge in [-0.05, 0) is 61.4 Å². The molecular formula is C21H22ClNO7S. The monoisotopic (exact) mass is 467 g/mol. The SMILES string of the molecule is O=C(NO)OC1(CS(=O)(=O)c2ccc(Oc3ccc(Cl)cc3)cc2)CC2CCC(C1)O2. The standard InChI is InChI=1S/C21H22ClNO7S/c22-14-1-3-15(4-2-14)28-16-7-9-19(10-8-16)31(26,27)13-21(30-20(24)23-25)11-17-5-6-18(12-21)29-17/h1-4,7-10,17-18,25H,5-6,11-13H2,(H,23,24). The number of carbonyl (C=O) groups excluding carboxylic acids is 1. The highest BCUT2D eigenvalue weighted by Gasteiger charge is 2.50. The zero-order valence-corrected chi connectivity index (χ0v) is 18.1. The van der Waals surface area contributed by atoms with Crippen molar-refractivity contribution in [3.8, 4) is 11.5 Å². The molecule has 8 nitrogen and oxygen atoms in total. The van der Waals surface area contributed by atoms with Gasteiger partial charge in [-0.2, -0.15) is 0 Å². The number of fused-ring (bicyclic) bond motifs is 2. The third-order valence-electron chi connectivity index (χ3n) is 5.48. The van der Waals surface area contributed by atoms with Crippen LogP contribution in [-0.2, 0) is 19.3 Å². The molecule has 0 spiro atoms. The number of nitrogens with one attached hydrogen (secondary N) is 1. The molecular weight excluding hydrogens is 446 g/mol. The molecule has 2 fully saturated rings. The van der Waals surface area contributed by atoms with Crippen molar-refractivity contribution < 1.29 is 32.6 Å². The Labute approximate surface area is 184 Å². The van der Waals surface area contributed by atoms with E-state index in [1.165, 1.54) is 17.6 Å². The van der Waals surface area contributed by atoms with E-state index in [1.54, 1.807) is 36.4 Å². The highest BCUT2D eigenvalue weighted by molar-refractivity contribution is 7.91. The molecule has 2 unspecified atom stereocenters. The maximum atomic E-state index is 13.1. The van der Waals surface area contributed by atoms with Crippen LogP contribution in [0.25, 0.3) is 0 Å². The Morgan fingerprint density at radius 1 is 1.06 bits per heavy atom. The van der Waals surface area contributed by atoms with Gasteiger partial charge >= 0.3 is 6.09 Å². The quantitative estimate of drug-likeness (QED) is 0.486. The second-order valence-corrected chi connectivity index (χ2v) is 10.3. The molecule has 2 N–H and O–H groups in total. The minimum Gasteiger partial charge on any atom is -0.457 e. The van der Waals surface area contributed by atoms with E-state index < -0.39 is 27.3 Å². The Morgan fingerprint density at radius 2 is 1.61 bits per heavy atom. The van der Waals surface area contributed by atoms with Crippen LogP contribution in [0.5, 0.6) is 11.5 Å². The summed E-state index contributed by atoms with van der Waals surface area (Å²) in [5.74, 6) is 0.636. The summed E-state index contributed by atoms with van der Waals surface area (Å²) in [7, 11) is -3.80. The Morgan fingerprint density at radius 3 is 2.16 bits per heavy atom. The number of hydroxylamine groups is 1. The fraction of sp³-hybridized carbons (Fsp3) is 0.381. The van der Waals surface area contributed by atoms with Gasteiger partial charge in [0.2, 0.25) is 0 Å². The zero-order valence-electron chi connectivity index (χ0n) is 16.5. The molecule has 0 radical (unpaired) electrons. The molecule has 166 valence electrons. The molecule has 0 saturated carbocycles.